The fourth-order valence-corrected chi connectivity index (χ4v) is 3.44. The van der Waals surface area contributed by atoms with Crippen LogP contribution in [0.4, 0.5) is 0 Å². The van der Waals surface area contributed by atoms with Crippen molar-refractivity contribution in [2.45, 2.75) is 32.2 Å². The molecule has 114 valence electrons. The first-order valence-corrected chi connectivity index (χ1v) is 7.69. The molecule has 0 atom stereocenters. The number of ether oxygens (including phenoxy) is 1. The minimum absolute atomic E-state index is 0.0298. The van der Waals surface area contributed by atoms with Gasteiger partial charge in [0.25, 0.3) is 0 Å². The monoisotopic (exact) mass is 290 g/mol. The highest BCUT2D eigenvalue weighted by atomic mass is 16.5. The van der Waals surface area contributed by atoms with Crippen LogP contribution < -0.4 is 5.43 Å². The van der Waals surface area contributed by atoms with E-state index >= 15 is 0 Å². The lowest BCUT2D eigenvalue weighted by Gasteiger charge is -2.45. The first-order valence-electron chi connectivity index (χ1n) is 7.69. The van der Waals surface area contributed by atoms with Gasteiger partial charge in [-0.3, -0.25) is 9.59 Å². The highest BCUT2D eigenvalue weighted by Gasteiger charge is 2.38. The van der Waals surface area contributed by atoms with Gasteiger partial charge in [0.2, 0.25) is 5.91 Å². The number of pyridine rings is 1. The Morgan fingerprint density at radius 1 is 1.19 bits per heavy atom. The number of rotatable bonds is 2. The van der Waals surface area contributed by atoms with Crippen LogP contribution in [0, 0.1) is 5.41 Å². The smallest absolute Gasteiger partial charge is 0.242 e. The highest BCUT2D eigenvalue weighted by Crippen LogP contribution is 2.39. The maximum Gasteiger partial charge on any atom is 0.242 e. The summed E-state index contributed by atoms with van der Waals surface area (Å²) >= 11 is 0. The van der Waals surface area contributed by atoms with Crippen molar-refractivity contribution in [1.29, 1.82) is 0 Å². The molecular formula is C16H22N2O3. The van der Waals surface area contributed by atoms with Gasteiger partial charge in [-0.15, -0.1) is 0 Å². The van der Waals surface area contributed by atoms with Crippen LogP contribution in [0.25, 0.3) is 0 Å². The van der Waals surface area contributed by atoms with Crippen LogP contribution in [-0.4, -0.2) is 41.7 Å². The Kier molecular flexibility index (Phi) is 4.10. The van der Waals surface area contributed by atoms with Gasteiger partial charge in [0.15, 0.2) is 5.43 Å². The molecule has 0 bridgehead atoms. The van der Waals surface area contributed by atoms with Crippen molar-refractivity contribution in [1.82, 2.24) is 9.47 Å². The molecule has 5 heteroatoms. The van der Waals surface area contributed by atoms with E-state index in [9.17, 15) is 9.59 Å². The zero-order valence-electron chi connectivity index (χ0n) is 12.3. The van der Waals surface area contributed by atoms with Crippen LogP contribution in [0.3, 0.4) is 0 Å². The van der Waals surface area contributed by atoms with E-state index in [0.717, 1.165) is 45.6 Å². The lowest BCUT2D eigenvalue weighted by molar-refractivity contribution is -0.137. The van der Waals surface area contributed by atoms with Crippen LogP contribution in [0.2, 0.25) is 0 Å². The van der Waals surface area contributed by atoms with Gasteiger partial charge in [-0.2, -0.15) is 0 Å². The number of piperidine rings is 1. The number of hydrogen-bond acceptors (Lipinski definition) is 3. The molecule has 0 unspecified atom stereocenters. The van der Waals surface area contributed by atoms with E-state index in [1.807, 2.05) is 4.90 Å². The van der Waals surface area contributed by atoms with E-state index < -0.39 is 0 Å². The molecule has 3 heterocycles. The Morgan fingerprint density at radius 3 is 2.62 bits per heavy atom. The largest absolute Gasteiger partial charge is 0.381 e. The van der Waals surface area contributed by atoms with Crippen LogP contribution >= 0.6 is 0 Å². The minimum atomic E-state index is -0.0298. The number of amides is 1. The summed E-state index contributed by atoms with van der Waals surface area (Å²) in [7, 11) is 0. The third kappa shape index (κ3) is 3.35. The van der Waals surface area contributed by atoms with Gasteiger partial charge in [0.05, 0.1) is 0 Å². The van der Waals surface area contributed by atoms with E-state index in [-0.39, 0.29) is 16.8 Å². The van der Waals surface area contributed by atoms with Crippen molar-refractivity contribution in [3.63, 3.8) is 0 Å². The Bertz CT molecular complexity index is 535. The molecule has 5 nitrogen and oxygen atoms in total. The molecule has 2 saturated heterocycles. The molecule has 2 fully saturated rings. The van der Waals surface area contributed by atoms with Crippen LogP contribution in [0.5, 0.6) is 0 Å². The van der Waals surface area contributed by atoms with E-state index in [2.05, 4.69) is 0 Å². The molecule has 0 radical (unpaired) electrons. The summed E-state index contributed by atoms with van der Waals surface area (Å²) in [6, 6.07) is 2.98. The predicted octanol–water partition coefficient (Wildman–Crippen LogP) is 1.27. The molecule has 2 aliphatic rings. The molecule has 2 aliphatic heterocycles. The second kappa shape index (κ2) is 6.02. The molecule has 1 aromatic rings. The summed E-state index contributed by atoms with van der Waals surface area (Å²) in [5.41, 5.74) is 0.244. The van der Waals surface area contributed by atoms with Crippen molar-refractivity contribution >= 4 is 5.91 Å². The first kappa shape index (κ1) is 14.3. The quantitative estimate of drug-likeness (QED) is 0.824. The van der Waals surface area contributed by atoms with E-state index in [0.29, 0.717) is 6.54 Å². The van der Waals surface area contributed by atoms with Gasteiger partial charge in [0.1, 0.15) is 6.54 Å². The molecule has 1 aromatic heterocycles. The van der Waals surface area contributed by atoms with Crippen molar-refractivity contribution in [2.75, 3.05) is 26.3 Å². The van der Waals surface area contributed by atoms with Gasteiger partial charge in [-0.1, -0.05) is 0 Å². The maximum atomic E-state index is 12.5. The molecular weight excluding hydrogens is 268 g/mol. The predicted molar refractivity (Wildman–Crippen MR) is 79.0 cm³/mol. The van der Waals surface area contributed by atoms with Crippen molar-refractivity contribution in [2.24, 2.45) is 5.41 Å². The van der Waals surface area contributed by atoms with Gasteiger partial charge in [-0.05, 0) is 31.1 Å². The average molecular weight is 290 g/mol. The third-order valence-corrected chi connectivity index (χ3v) is 4.75. The molecule has 0 aliphatic carbocycles. The van der Waals surface area contributed by atoms with Gasteiger partial charge in [0, 0.05) is 50.8 Å². The summed E-state index contributed by atoms with van der Waals surface area (Å²) in [6.07, 6.45) is 7.76. The second-order valence-electron chi connectivity index (χ2n) is 6.24. The van der Waals surface area contributed by atoms with E-state index in [4.69, 9.17) is 4.74 Å². The van der Waals surface area contributed by atoms with Gasteiger partial charge in [-0.25, -0.2) is 0 Å². The summed E-state index contributed by atoms with van der Waals surface area (Å²) in [6.45, 7) is 3.66. The molecule has 0 aromatic carbocycles. The lowest BCUT2D eigenvalue weighted by atomic mass is 9.74. The Balaban J connectivity index is 1.64. The summed E-state index contributed by atoms with van der Waals surface area (Å²) in [5, 5.41) is 0. The number of aromatic nitrogens is 1. The minimum Gasteiger partial charge on any atom is -0.381 e. The topological polar surface area (TPSA) is 51.5 Å². The van der Waals surface area contributed by atoms with E-state index in [1.54, 1.807) is 17.0 Å². The molecule has 0 N–H and O–H groups in total. The van der Waals surface area contributed by atoms with Crippen LogP contribution in [0.1, 0.15) is 25.7 Å². The standard InChI is InChI=1S/C16H22N2O3/c19-14-2-8-17(9-3-14)12-15(20)18-7-1-4-16(13-18)5-10-21-11-6-16/h2-3,8-9H,1,4-7,10-13H2. The molecule has 1 spiro atoms. The first-order chi connectivity index (χ1) is 10.2. The zero-order chi connectivity index (χ0) is 14.7. The van der Waals surface area contributed by atoms with Gasteiger partial charge < -0.3 is 14.2 Å². The highest BCUT2D eigenvalue weighted by molar-refractivity contribution is 5.76. The molecule has 1 amide bonds. The number of likely N-dealkylation sites (tertiary alicyclic amines) is 1. The second-order valence-corrected chi connectivity index (χ2v) is 6.24. The Labute approximate surface area is 124 Å². The van der Waals surface area contributed by atoms with Crippen molar-refractivity contribution in [3.05, 3.63) is 34.7 Å². The Hall–Kier alpha value is -1.62. The number of nitrogens with zero attached hydrogens (tertiary/aromatic N) is 2. The average Bonchev–Trinajstić information content (AvgIpc) is 2.50. The molecule has 0 saturated carbocycles. The zero-order valence-corrected chi connectivity index (χ0v) is 12.3. The maximum absolute atomic E-state index is 12.5. The fraction of sp³-hybridized carbons (Fsp3) is 0.625. The summed E-state index contributed by atoms with van der Waals surface area (Å²) in [5.74, 6) is 0.143. The number of hydrogen-bond donors (Lipinski definition) is 0. The van der Waals surface area contributed by atoms with Crippen molar-refractivity contribution < 1.29 is 9.53 Å². The van der Waals surface area contributed by atoms with Crippen LogP contribution in [-0.2, 0) is 16.1 Å². The summed E-state index contributed by atoms with van der Waals surface area (Å²) in [4.78, 5) is 25.6. The number of carbonyl (C=O) groups is 1. The third-order valence-electron chi connectivity index (χ3n) is 4.75. The van der Waals surface area contributed by atoms with E-state index in [1.165, 1.54) is 18.6 Å². The van der Waals surface area contributed by atoms with Crippen molar-refractivity contribution in [3.8, 4) is 0 Å². The summed E-state index contributed by atoms with van der Waals surface area (Å²) < 4.78 is 7.24. The SMILES string of the molecule is O=C(Cn1ccc(=O)cc1)N1CCCC2(CCOCC2)C1. The van der Waals surface area contributed by atoms with Gasteiger partial charge >= 0.3 is 0 Å². The lowest BCUT2D eigenvalue weighted by Crippen LogP contribution is -2.49. The van der Waals surface area contributed by atoms with Crippen LogP contribution in [0.15, 0.2) is 29.3 Å². The molecule has 3 rings (SSSR count). The normalized spacial score (nSPS) is 21.4. The fourth-order valence-electron chi connectivity index (χ4n) is 3.44. The number of carbonyl (C=O) groups excluding carboxylic acids is 1. The molecule has 21 heavy (non-hydrogen) atoms. The Morgan fingerprint density at radius 2 is 1.90 bits per heavy atom.